The van der Waals surface area contributed by atoms with Crippen LogP contribution in [0.1, 0.15) is 34.1 Å². The Hall–Kier alpha value is -0.610. The molecule has 90 valence electrons. The molecule has 0 saturated heterocycles. The molecule has 0 aliphatic heterocycles. The first-order valence-electron chi connectivity index (χ1n) is 5.22. The van der Waals surface area contributed by atoms with Crippen molar-refractivity contribution in [3.8, 4) is 0 Å². The fourth-order valence-electron chi connectivity index (χ4n) is 0.900. The lowest BCUT2D eigenvalue weighted by molar-refractivity contribution is -0.153. The first-order valence-corrected chi connectivity index (χ1v) is 5.22. The van der Waals surface area contributed by atoms with E-state index >= 15 is 0 Å². The molecule has 0 spiro atoms. The molecule has 0 radical (unpaired) electrons. The number of hydrogen-bond donors (Lipinski definition) is 1. The Bertz CT molecular complexity index is 216. The van der Waals surface area contributed by atoms with Crippen LogP contribution in [0.25, 0.3) is 0 Å². The van der Waals surface area contributed by atoms with Crippen LogP contribution in [0.4, 0.5) is 0 Å². The van der Waals surface area contributed by atoms with Crippen molar-refractivity contribution in [2.45, 2.75) is 45.3 Å². The molecule has 1 unspecified atom stereocenters. The summed E-state index contributed by atoms with van der Waals surface area (Å²) in [5, 5.41) is 2.93. The minimum atomic E-state index is -0.777. The van der Waals surface area contributed by atoms with Crippen LogP contribution in [0.15, 0.2) is 0 Å². The van der Waals surface area contributed by atoms with Gasteiger partial charge in [0.25, 0.3) is 0 Å². The monoisotopic (exact) mass is 217 g/mol. The van der Waals surface area contributed by atoms with E-state index in [4.69, 9.17) is 9.47 Å². The van der Waals surface area contributed by atoms with Gasteiger partial charge >= 0.3 is 5.97 Å². The SMILES string of the molecule is CCC(C)(C)OCC(C)(NC)C(=O)OC. The highest BCUT2D eigenvalue weighted by Crippen LogP contribution is 2.17. The van der Waals surface area contributed by atoms with Crippen LogP contribution >= 0.6 is 0 Å². The zero-order valence-electron chi connectivity index (χ0n) is 10.6. The molecule has 4 nitrogen and oxygen atoms in total. The second kappa shape index (κ2) is 5.47. The van der Waals surface area contributed by atoms with Crippen LogP contribution < -0.4 is 5.32 Å². The normalized spacial score (nSPS) is 15.9. The van der Waals surface area contributed by atoms with Gasteiger partial charge in [-0.15, -0.1) is 0 Å². The van der Waals surface area contributed by atoms with Gasteiger partial charge in [-0.05, 0) is 34.2 Å². The molecule has 0 fully saturated rings. The van der Waals surface area contributed by atoms with Crippen LogP contribution in [0, 0.1) is 0 Å². The quantitative estimate of drug-likeness (QED) is 0.682. The number of hydrogen-bond acceptors (Lipinski definition) is 4. The molecular formula is C11H23NO3. The van der Waals surface area contributed by atoms with Gasteiger partial charge in [0.1, 0.15) is 5.54 Å². The Morgan fingerprint density at radius 2 is 1.87 bits per heavy atom. The van der Waals surface area contributed by atoms with E-state index in [1.165, 1.54) is 7.11 Å². The molecule has 0 aromatic heterocycles. The van der Waals surface area contributed by atoms with E-state index in [2.05, 4.69) is 12.2 Å². The third-order valence-electron chi connectivity index (χ3n) is 2.79. The summed E-state index contributed by atoms with van der Waals surface area (Å²) in [5.41, 5.74) is -0.993. The first kappa shape index (κ1) is 14.4. The van der Waals surface area contributed by atoms with Crippen molar-refractivity contribution in [2.24, 2.45) is 0 Å². The Kier molecular flexibility index (Phi) is 5.24. The third-order valence-corrected chi connectivity index (χ3v) is 2.79. The van der Waals surface area contributed by atoms with Crippen LogP contribution in [0.2, 0.25) is 0 Å². The lowest BCUT2D eigenvalue weighted by Crippen LogP contribution is -2.53. The second-order valence-electron chi connectivity index (χ2n) is 4.48. The standard InChI is InChI=1S/C11H23NO3/c1-7-10(2,3)15-8-11(4,12-5)9(13)14-6/h12H,7-8H2,1-6H3. The molecule has 1 atom stereocenters. The van der Waals surface area contributed by atoms with Crippen LogP contribution in [-0.4, -0.2) is 37.9 Å². The summed E-state index contributed by atoms with van der Waals surface area (Å²) in [7, 11) is 3.10. The third kappa shape index (κ3) is 4.18. The predicted molar refractivity (Wildman–Crippen MR) is 59.8 cm³/mol. The van der Waals surface area contributed by atoms with Crippen LogP contribution in [0.3, 0.4) is 0 Å². The molecule has 0 aromatic carbocycles. The van der Waals surface area contributed by atoms with Crippen molar-refractivity contribution in [1.29, 1.82) is 0 Å². The Balaban J connectivity index is 4.40. The van der Waals surface area contributed by atoms with Gasteiger partial charge in [-0.2, -0.15) is 0 Å². The largest absolute Gasteiger partial charge is 0.468 e. The molecular weight excluding hydrogens is 194 g/mol. The topological polar surface area (TPSA) is 47.6 Å². The summed E-state index contributed by atoms with van der Waals surface area (Å²) in [6, 6.07) is 0. The van der Waals surface area contributed by atoms with Gasteiger partial charge in [0.2, 0.25) is 0 Å². The summed E-state index contributed by atoms with van der Waals surface area (Å²) < 4.78 is 10.4. The molecule has 0 saturated carbocycles. The van der Waals surface area contributed by atoms with Crippen molar-refractivity contribution in [1.82, 2.24) is 5.32 Å². The van der Waals surface area contributed by atoms with E-state index in [0.29, 0.717) is 6.61 Å². The molecule has 0 heterocycles. The lowest BCUT2D eigenvalue weighted by atomic mass is 10.0. The first-order chi connectivity index (χ1) is 6.81. The van der Waals surface area contributed by atoms with Crippen molar-refractivity contribution in [2.75, 3.05) is 20.8 Å². The highest BCUT2D eigenvalue weighted by Gasteiger charge is 2.34. The maximum atomic E-state index is 11.5. The number of esters is 1. The van der Waals surface area contributed by atoms with Gasteiger partial charge < -0.3 is 14.8 Å². The van der Waals surface area contributed by atoms with Gasteiger partial charge in [0, 0.05) is 0 Å². The number of carbonyl (C=O) groups excluding carboxylic acids is 1. The zero-order chi connectivity index (χ0) is 12.1. The smallest absolute Gasteiger partial charge is 0.328 e. The molecule has 15 heavy (non-hydrogen) atoms. The average Bonchev–Trinajstić information content (AvgIpc) is 2.24. The van der Waals surface area contributed by atoms with Crippen molar-refractivity contribution in [3.63, 3.8) is 0 Å². The average molecular weight is 217 g/mol. The maximum absolute atomic E-state index is 11.5. The summed E-state index contributed by atoms with van der Waals surface area (Å²) in [6.45, 7) is 8.12. The number of rotatable bonds is 6. The van der Waals surface area contributed by atoms with Gasteiger partial charge in [0.05, 0.1) is 19.3 Å². The van der Waals surface area contributed by atoms with Gasteiger partial charge in [-0.3, -0.25) is 0 Å². The fourth-order valence-corrected chi connectivity index (χ4v) is 0.900. The van der Waals surface area contributed by atoms with Gasteiger partial charge in [-0.1, -0.05) is 6.92 Å². The maximum Gasteiger partial charge on any atom is 0.328 e. The van der Waals surface area contributed by atoms with E-state index in [1.54, 1.807) is 14.0 Å². The van der Waals surface area contributed by atoms with E-state index in [-0.39, 0.29) is 11.6 Å². The van der Waals surface area contributed by atoms with Crippen molar-refractivity contribution >= 4 is 5.97 Å². The summed E-state index contributed by atoms with van der Waals surface area (Å²) in [6.07, 6.45) is 0.897. The molecule has 0 rings (SSSR count). The van der Waals surface area contributed by atoms with Crippen molar-refractivity contribution in [3.05, 3.63) is 0 Å². The van der Waals surface area contributed by atoms with Crippen molar-refractivity contribution < 1.29 is 14.3 Å². The number of ether oxygens (including phenoxy) is 2. The summed E-state index contributed by atoms with van der Waals surface area (Å²) in [5.74, 6) is -0.308. The predicted octanol–water partition coefficient (Wildman–Crippen LogP) is 1.34. The molecule has 0 aromatic rings. The molecule has 1 N–H and O–H groups in total. The summed E-state index contributed by atoms with van der Waals surface area (Å²) >= 11 is 0. The Morgan fingerprint density at radius 1 is 1.33 bits per heavy atom. The highest BCUT2D eigenvalue weighted by atomic mass is 16.5. The van der Waals surface area contributed by atoms with Gasteiger partial charge in [-0.25, -0.2) is 4.79 Å². The molecule has 0 bridgehead atoms. The Morgan fingerprint density at radius 3 is 2.20 bits per heavy atom. The van der Waals surface area contributed by atoms with Gasteiger partial charge in [0.15, 0.2) is 0 Å². The fraction of sp³-hybridized carbons (Fsp3) is 0.909. The van der Waals surface area contributed by atoms with E-state index < -0.39 is 5.54 Å². The van der Waals surface area contributed by atoms with E-state index in [0.717, 1.165) is 6.42 Å². The molecule has 0 aliphatic rings. The van der Waals surface area contributed by atoms with Crippen LogP contribution in [0.5, 0.6) is 0 Å². The number of carbonyl (C=O) groups is 1. The number of likely N-dealkylation sites (N-methyl/N-ethyl adjacent to an activating group) is 1. The van der Waals surface area contributed by atoms with E-state index in [1.807, 2.05) is 13.8 Å². The molecule has 0 aliphatic carbocycles. The number of methoxy groups -OCH3 is 1. The van der Waals surface area contributed by atoms with Crippen LogP contribution in [-0.2, 0) is 14.3 Å². The molecule has 4 heteroatoms. The number of nitrogens with one attached hydrogen (secondary N) is 1. The second-order valence-corrected chi connectivity index (χ2v) is 4.48. The molecule has 0 amide bonds. The minimum absolute atomic E-state index is 0.216. The minimum Gasteiger partial charge on any atom is -0.468 e. The Labute approximate surface area is 92.3 Å². The lowest BCUT2D eigenvalue weighted by Gasteiger charge is -2.31. The summed E-state index contributed by atoms with van der Waals surface area (Å²) in [4.78, 5) is 11.5. The zero-order valence-corrected chi connectivity index (χ0v) is 10.6. The van der Waals surface area contributed by atoms with E-state index in [9.17, 15) is 4.79 Å². The highest BCUT2D eigenvalue weighted by molar-refractivity contribution is 5.80.